The SMILES string of the molecule is COc1cc(CCC(=O)NCC(c2ccccc2)c2ccccc2)cc(OC)c1. The van der Waals surface area contributed by atoms with Gasteiger partial charge in [-0.15, -0.1) is 0 Å². The molecule has 3 rings (SSSR count). The fraction of sp³-hybridized carbons (Fsp3) is 0.240. The number of carbonyl (C=O) groups excluding carboxylic acids is 1. The molecule has 0 aliphatic rings. The van der Waals surface area contributed by atoms with Gasteiger partial charge in [-0.3, -0.25) is 4.79 Å². The van der Waals surface area contributed by atoms with Gasteiger partial charge in [-0.1, -0.05) is 60.7 Å². The van der Waals surface area contributed by atoms with E-state index in [1.165, 1.54) is 11.1 Å². The van der Waals surface area contributed by atoms with Gasteiger partial charge in [0.15, 0.2) is 0 Å². The topological polar surface area (TPSA) is 47.6 Å². The number of aryl methyl sites for hydroxylation is 1. The van der Waals surface area contributed by atoms with Crippen LogP contribution in [-0.4, -0.2) is 26.7 Å². The summed E-state index contributed by atoms with van der Waals surface area (Å²) < 4.78 is 10.6. The Morgan fingerprint density at radius 1 is 0.828 bits per heavy atom. The average molecular weight is 389 g/mol. The molecule has 3 aromatic rings. The lowest BCUT2D eigenvalue weighted by Gasteiger charge is -2.19. The van der Waals surface area contributed by atoms with Gasteiger partial charge in [-0.05, 0) is 35.2 Å². The van der Waals surface area contributed by atoms with Gasteiger partial charge in [0.1, 0.15) is 11.5 Å². The molecule has 3 aromatic carbocycles. The first-order valence-corrected chi connectivity index (χ1v) is 9.78. The molecule has 0 saturated carbocycles. The Bertz CT molecular complexity index is 848. The van der Waals surface area contributed by atoms with Crippen LogP contribution in [-0.2, 0) is 11.2 Å². The molecule has 0 fully saturated rings. The zero-order chi connectivity index (χ0) is 20.5. The summed E-state index contributed by atoms with van der Waals surface area (Å²) in [4.78, 5) is 12.5. The van der Waals surface area contributed by atoms with Crippen molar-refractivity contribution in [1.82, 2.24) is 5.32 Å². The predicted octanol–water partition coefficient (Wildman–Crippen LogP) is 4.58. The van der Waals surface area contributed by atoms with Gasteiger partial charge < -0.3 is 14.8 Å². The van der Waals surface area contributed by atoms with Gasteiger partial charge in [-0.25, -0.2) is 0 Å². The normalized spacial score (nSPS) is 10.6. The Hall–Kier alpha value is -3.27. The third kappa shape index (κ3) is 5.85. The molecular formula is C25H27NO3. The number of nitrogens with one attached hydrogen (secondary N) is 1. The Morgan fingerprint density at radius 3 is 1.83 bits per heavy atom. The highest BCUT2D eigenvalue weighted by Crippen LogP contribution is 2.25. The third-order valence-electron chi connectivity index (χ3n) is 4.96. The van der Waals surface area contributed by atoms with Gasteiger partial charge in [0.2, 0.25) is 5.91 Å². The number of methoxy groups -OCH3 is 2. The Balaban J connectivity index is 1.62. The van der Waals surface area contributed by atoms with Crippen molar-refractivity contribution in [1.29, 1.82) is 0 Å². The van der Waals surface area contributed by atoms with Crippen LogP contribution in [0.2, 0.25) is 0 Å². The molecule has 4 heteroatoms. The molecule has 0 saturated heterocycles. The standard InChI is InChI=1S/C25H27NO3/c1-28-22-15-19(16-23(17-22)29-2)13-14-25(27)26-18-24(20-9-5-3-6-10-20)21-11-7-4-8-12-21/h3-12,15-17,24H,13-14,18H2,1-2H3,(H,26,27). The van der Waals surface area contributed by atoms with Crippen molar-refractivity contribution in [2.24, 2.45) is 0 Å². The van der Waals surface area contributed by atoms with Crippen molar-refractivity contribution < 1.29 is 14.3 Å². The minimum Gasteiger partial charge on any atom is -0.497 e. The smallest absolute Gasteiger partial charge is 0.220 e. The minimum absolute atomic E-state index is 0.0312. The molecule has 150 valence electrons. The number of ether oxygens (including phenoxy) is 2. The van der Waals surface area contributed by atoms with E-state index in [1.54, 1.807) is 14.2 Å². The molecular weight excluding hydrogens is 362 g/mol. The molecule has 0 aliphatic carbocycles. The van der Waals surface area contributed by atoms with E-state index in [1.807, 2.05) is 54.6 Å². The predicted molar refractivity (Wildman–Crippen MR) is 116 cm³/mol. The van der Waals surface area contributed by atoms with Gasteiger partial charge in [0.25, 0.3) is 0 Å². The second-order valence-electron chi connectivity index (χ2n) is 6.90. The molecule has 0 aromatic heterocycles. The van der Waals surface area contributed by atoms with Crippen LogP contribution in [0.15, 0.2) is 78.9 Å². The molecule has 0 atom stereocenters. The summed E-state index contributed by atoms with van der Waals surface area (Å²) in [6, 6.07) is 26.3. The lowest BCUT2D eigenvalue weighted by molar-refractivity contribution is -0.121. The molecule has 0 radical (unpaired) electrons. The summed E-state index contributed by atoms with van der Waals surface area (Å²) >= 11 is 0. The van der Waals surface area contributed by atoms with E-state index >= 15 is 0 Å². The van der Waals surface area contributed by atoms with E-state index in [2.05, 4.69) is 29.6 Å². The summed E-state index contributed by atoms with van der Waals surface area (Å²) in [6.45, 7) is 0.564. The minimum atomic E-state index is 0.0312. The second kappa shape index (κ2) is 10.3. The van der Waals surface area contributed by atoms with Crippen molar-refractivity contribution in [3.63, 3.8) is 0 Å². The third-order valence-corrected chi connectivity index (χ3v) is 4.96. The highest BCUT2D eigenvalue weighted by Gasteiger charge is 2.15. The van der Waals surface area contributed by atoms with E-state index in [-0.39, 0.29) is 11.8 Å². The largest absolute Gasteiger partial charge is 0.497 e. The highest BCUT2D eigenvalue weighted by molar-refractivity contribution is 5.76. The maximum atomic E-state index is 12.5. The fourth-order valence-corrected chi connectivity index (χ4v) is 3.37. The molecule has 1 amide bonds. The van der Waals surface area contributed by atoms with E-state index in [9.17, 15) is 4.79 Å². The number of carbonyl (C=O) groups is 1. The quantitative estimate of drug-likeness (QED) is 0.582. The maximum Gasteiger partial charge on any atom is 0.220 e. The molecule has 29 heavy (non-hydrogen) atoms. The monoisotopic (exact) mass is 389 g/mol. The van der Waals surface area contributed by atoms with Crippen LogP contribution in [0.5, 0.6) is 11.5 Å². The Morgan fingerprint density at radius 2 is 1.34 bits per heavy atom. The van der Waals surface area contributed by atoms with Crippen LogP contribution < -0.4 is 14.8 Å². The van der Waals surface area contributed by atoms with Crippen molar-refractivity contribution in [2.45, 2.75) is 18.8 Å². The first-order chi connectivity index (χ1) is 14.2. The van der Waals surface area contributed by atoms with Crippen LogP contribution in [0.1, 0.15) is 29.0 Å². The van der Waals surface area contributed by atoms with Crippen LogP contribution in [0.25, 0.3) is 0 Å². The van der Waals surface area contributed by atoms with E-state index < -0.39 is 0 Å². The lowest BCUT2D eigenvalue weighted by Crippen LogP contribution is -2.29. The summed E-state index contributed by atoms with van der Waals surface area (Å²) in [7, 11) is 3.25. The second-order valence-corrected chi connectivity index (χ2v) is 6.90. The van der Waals surface area contributed by atoms with E-state index in [4.69, 9.17) is 9.47 Å². The lowest BCUT2D eigenvalue weighted by atomic mass is 9.91. The van der Waals surface area contributed by atoms with Gasteiger partial charge in [0, 0.05) is 24.9 Å². The molecule has 0 spiro atoms. The average Bonchev–Trinajstić information content (AvgIpc) is 2.79. The number of amides is 1. The first-order valence-electron chi connectivity index (χ1n) is 9.78. The zero-order valence-electron chi connectivity index (χ0n) is 16.9. The van der Waals surface area contributed by atoms with Crippen LogP contribution in [0.3, 0.4) is 0 Å². The van der Waals surface area contributed by atoms with Crippen LogP contribution in [0.4, 0.5) is 0 Å². The number of hydrogen-bond donors (Lipinski definition) is 1. The molecule has 0 unspecified atom stereocenters. The van der Waals surface area contributed by atoms with Gasteiger partial charge in [-0.2, -0.15) is 0 Å². The molecule has 0 heterocycles. The van der Waals surface area contributed by atoms with Crippen LogP contribution in [0, 0.1) is 0 Å². The summed E-state index contributed by atoms with van der Waals surface area (Å²) in [5, 5.41) is 3.11. The van der Waals surface area contributed by atoms with E-state index in [0.29, 0.717) is 19.4 Å². The zero-order valence-corrected chi connectivity index (χ0v) is 16.9. The number of rotatable bonds is 9. The fourth-order valence-electron chi connectivity index (χ4n) is 3.37. The van der Waals surface area contributed by atoms with Gasteiger partial charge in [0.05, 0.1) is 14.2 Å². The highest BCUT2D eigenvalue weighted by atomic mass is 16.5. The van der Waals surface area contributed by atoms with Crippen molar-refractivity contribution in [2.75, 3.05) is 20.8 Å². The van der Waals surface area contributed by atoms with Crippen molar-refractivity contribution >= 4 is 5.91 Å². The Labute approximate surface area is 172 Å². The van der Waals surface area contributed by atoms with Crippen molar-refractivity contribution in [3.8, 4) is 11.5 Å². The Kier molecular flexibility index (Phi) is 7.28. The summed E-state index contributed by atoms with van der Waals surface area (Å²) in [6.07, 6.45) is 1.04. The molecule has 0 bridgehead atoms. The summed E-state index contributed by atoms with van der Waals surface area (Å²) in [5.74, 6) is 1.61. The number of benzene rings is 3. The first kappa shape index (κ1) is 20.5. The summed E-state index contributed by atoms with van der Waals surface area (Å²) in [5.41, 5.74) is 3.40. The van der Waals surface area contributed by atoms with E-state index in [0.717, 1.165) is 17.1 Å². The molecule has 0 aliphatic heterocycles. The van der Waals surface area contributed by atoms with Crippen LogP contribution >= 0.6 is 0 Å². The van der Waals surface area contributed by atoms with Crippen molar-refractivity contribution in [3.05, 3.63) is 95.6 Å². The maximum absolute atomic E-state index is 12.5. The molecule has 1 N–H and O–H groups in total. The number of hydrogen-bond acceptors (Lipinski definition) is 3. The van der Waals surface area contributed by atoms with Gasteiger partial charge >= 0.3 is 0 Å². The molecule has 4 nitrogen and oxygen atoms in total.